The van der Waals surface area contributed by atoms with Crippen molar-refractivity contribution in [3.05, 3.63) is 72.3 Å². The van der Waals surface area contributed by atoms with Gasteiger partial charge < -0.3 is 10.1 Å². The van der Waals surface area contributed by atoms with Crippen molar-refractivity contribution in [1.82, 2.24) is 0 Å². The molecule has 1 saturated heterocycles. The van der Waals surface area contributed by atoms with Gasteiger partial charge in [0.25, 0.3) is 0 Å². The molecule has 3 saturated carbocycles. The molecule has 0 bridgehead atoms. The fraction of sp³-hybridized carbons (Fsp3) is 0.556. The van der Waals surface area contributed by atoms with Crippen LogP contribution in [0, 0.1) is 39.9 Å². The van der Waals surface area contributed by atoms with Crippen molar-refractivity contribution in [2.24, 2.45) is 39.9 Å². The first-order chi connectivity index (χ1) is 19.6. The van der Waals surface area contributed by atoms with E-state index in [2.05, 4.69) is 51.7 Å². The number of hydrogen-bond donors (Lipinski definition) is 1. The molecule has 0 unspecified atom stereocenters. The lowest BCUT2D eigenvalue weighted by molar-refractivity contribution is -0.232. The second-order valence-corrected chi connectivity index (χ2v) is 14.8. The maximum atomic E-state index is 14.1. The van der Waals surface area contributed by atoms with E-state index in [0.717, 1.165) is 48.3 Å². The van der Waals surface area contributed by atoms with Crippen molar-refractivity contribution in [2.75, 3.05) is 11.6 Å². The Labute approximate surface area is 250 Å². The van der Waals surface area contributed by atoms with Gasteiger partial charge in [-0.15, -0.1) is 11.8 Å². The van der Waals surface area contributed by atoms with E-state index in [9.17, 15) is 9.59 Å². The summed E-state index contributed by atoms with van der Waals surface area (Å²) in [7, 11) is 0. The maximum Gasteiger partial charge on any atom is 0.310 e. The van der Waals surface area contributed by atoms with Gasteiger partial charge in [0.2, 0.25) is 5.91 Å². The van der Waals surface area contributed by atoms with E-state index in [1.54, 1.807) is 11.8 Å². The summed E-state index contributed by atoms with van der Waals surface area (Å²) in [5.74, 6) is -0.378. The quantitative estimate of drug-likeness (QED) is 0.222. The topological polar surface area (TPSA) is 55.4 Å². The predicted octanol–water partition coefficient (Wildman–Crippen LogP) is 8.50. The molecule has 3 aliphatic carbocycles. The first-order valence-electron chi connectivity index (χ1n) is 15.4. The molecule has 1 amide bonds. The van der Waals surface area contributed by atoms with E-state index in [1.807, 2.05) is 48.7 Å². The van der Waals surface area contributed by atoms with Crippen LogP contribution in [0.2, 0.25) is 0 Å². The predicted molar refractivity (Wildman–Crippen MR) is 167 cm³/mol. The first kappa shape index (κ1) is 28.6. The van der Waals surface area contributed by atoms with Crippen molar-refractivity contribution < 1.29 is 14.3 Å². The highest BCUT2D eigenvalue weighted by Crippen LogP contribution is 2.70. The Bertz CT molecular complexity index is 1360. The number of fused-ring (bicyclic) bond motifs is 2. The van der Waals surface area contributed by atoms with Crippen molar-refractivity contribution in [3.63, 3.8) is 0 Å². The van der Waals surface area contributed by atoms with Crippen LogP contribution in [0.5, 0.6) is 0 Å². The zero-order valence-electron chi connectivity index (χ0n) is 25.2. The summed E-state index contributed by atoms with van der Waals surface area (Å²) >= 11 is 1.61. The Morgan fingerprint density at radius 3 is 2.46 bits per heavy atom. The Hall–Kier alpha value is -2.53. The van der Waals surface area contributed by atoms with Crippen molar-refractivity contribution in [2.45, 2.75) is 83.1 Å². The molecule has 9 atom stereocenters. The Kier molecular flexibility index (Phi) is 7.20. The van der Waals surface area contributed by atoms with Crippen LogP contribution in [-0.2, 0) is 14.3 Å². The number of thioether (sulfide) groups is 1. The highest BCUT2D eigenvalue weighted by Gasteiger charge is 2.71. The average Bonchev–Trinajstić information content (AvgIpc) is 2.95. The van der Waals surface area contributed by atoms with E-state index in [4.69, 9.17) is 4.74 Å². The molecule has 0 spiro atoms. The molecule has 218 valence electrons. The zero-order valence-corrected chi connectivity index (χ0v) is 26.1. The van der Waals surface area contributed by atoms with E-state index < -0.39 is 11.8 Å². The molecule has 4 nitrogen and oxygen atoms in total. The molecule has 2 aromatic rings. The number of cyclic esters (lactones) is 1. The third-order valence-electron chi connectivity index (χ3n) is 12.3. The Morgan fingerprint density at radius 2 is 1.73 bits per heavy atom. The van der Waals surface area contributed by atoms with Gasteiger partial charge in [0, 0.05) is 16.2 Å². The van der Waals surface area contributed by atoms with Gasteiger partial charge in [-0.2, -0.15) is 0 Å². The van der Waals surface area contributed by atoms with Crippen LogP contribution in [0.15, 0.2) is 71.6 Å². The third kappa shape index (κ3) is 4.24. The summed E-state index contributed by atoms with van der Waals surface area (Å²) in [6.45, 7) is 14.0. The SMILES string of the molecule is C=C1CCC[C@@H]2[C@@](C)([C@@H]3C[C@@]4(C)[C@@H](C(=O)O3)[C@H](C(=O)Nc3ccccc3SC)[C@@H]4c3ccccc3)[C@H](C)CC[C@@]12C. The summed E-state index contributed by atoms with van der Waals surface area (Å²) < 4.78 is 6.53. The molecule has 6 rings (SSSR count). The lowest BCUT2D eigenvalue weighted by Crippen LogP contribution is -2.68. The number of hydrogen-bond acceptors (Lipinski definition) is 4. The zero-order chi connectivity index (χ0) is 29.2. The number of allylic oxidation sites excluding steroid dienone is 1. The van der Waals surface area contributed by atoms with E-state index >= 15 is 0 Å². The molecule has 5 heteroatoms. The fourth-order valence-corrected chi connectivity index (χ4v) is 10.3. The van der Waals surface area contributed by atoms with Crippen molar-refractivity contribution in [3.8, 4) is 0 Å². The Balaban J connectivity index is 1.36. The second kappa shape index (κ2) is 10.3. The van der Waals surface area contributed by atoms with Gasteiger partial charge in [-0.1, -0.05) is 82.3 Å². The van der Waals surface area contributed by atoms with Crippen LogP contribution in [0.25, 0.3) is 0 Å². The number of amides is 1. The number of carbonyl (C=O) groups excluding carboxylic acids is 2. The molecule has 41 heavy (non-hydrogen) atoms. The van der Waals surface area contributed by atoms with Gasteiger partial charge in [0.05, 0.1) is 17.5 Å². The molecule has 1 heterocycles. The Morgan fingerprint density at radius 1 is 1.02 bits per heavy atom. The van der Waals surface area contributed by atoms with Crippen LogP contribution in [0.1, 0.15) is 77.7 Å². The summed E-state index contributed by atoms with van der Waals surface area (Å²) in [5.41, 5.74) is 2.92. The summed E-state index contributed by atoms with van der Waals surface area (Å²) in [6.07, 6.45) is 8.34. The monoisotopic (exact) mass is 571 g/mol. The summed E-state index contributed by atoms with van der Waals surface area (Å²) in [5, 5.41) is 3.19. The lowest BCUT2D eigenvalue weighted by atomic mass is 9.40. The summed E-state index contributed by atoms with van der Waals surface area (Å²) in [4.78, 5) is 29.1. The van der Waals surface area contributed by atoms with Crippen LogP contribution < -0.4 is 5.32 Å². The minimum absolute atomic E-state index is 0.0549. The van der Waals surface area contributed by atoms with Crippen molar-refractivity contribution in [1.29, 1.82) is 0 Å². The first-order valence-corrected chi connectivity index (χ1v) is 16.7. The minimum Gasteiger partial charge on any atom is -0.461 e. The van der Waals surface area contributed by atoms with Crippen LogP contribution in [-0.4, -0.2) is 24.2 Å². The summed E-state index contributed by atoms with van der Waals surface area (Å²) in [6, 6.07) is 18.2. The number of benzene rings is 2. The van der Waals surface area contributed by atoms with E-state index in [0.29, 0.717) is 11.8 Å². The smallest absolute Gasteiger partial charge is 0.310 e. The molecule has 1 aliphatic heterocycles. The normalized spacial score (nSPS) is 40.0. The van der Waals surface area contributed by atoms with Crippen LogP contribution in [0.3, 0.4) is 0 Å². The average molecular weight is 572 g/mol. The molecular weight excluding hydrogens is 526 g/mol. The fourth-order valence-electron chi connectivity index (χ4n) is 9.71. The highest BCUT2D eigenvalue weighted by atomic mass is 32.2. The number of ether oxygens (including phenoxy) is 1. The molecule has 4 fully saturated rings. The third-order valence-corrected chi connectivity index (χ3v) is 13.1. The van der Waals surface area contributed by atoms with E-state index in [-0.39, 0.29) is 40.1 Å². The second-order valence-electron chi connectivity index (χ2n) is 14.0. The van der Waals surface area contributed by atoms with Gasteiger partial charge in [-0.25, -0.2) is 0 Å². The van der Waals surface area contributed by atoms with Gasteiger partial charge in [-0.05, 0) is 85.1 Å². The lowest BCUT2D eigenvalue weighted by Gasteiger charge is -2.66. The van der Waals surface area contributed by atoms with Gasteiger partial charge >= 0.3 is 5.97 Å². The maximum absolute atomic E-state index is 14.1. The largest absolute Gasteiger partial charge is 0.461 e. The number of rotatable bonds is 5. The molecule has 2 aromatic carbocycles. The number of nitrogens with one attached hydrogen (secondary N) is 1. The number of para-hydroxylation sites is 1. The van der Waals surface area contributed by atoms with Crippen LogP contribution >= 0.6 is 11.8 Å². The number of carbonyl (C=O) groups is 2. The highest BCUT2D eigenvalue weighted by molar-refractivity contribution is 7.98. The van der Waals surface area contributed by atoms with Gasteiger partial charge in [-0.3, -0.25) is 9.59 Å². The molecule has 0 aromatic heterocycles. The molecule has 4 aliphatic rings. The molecular formula is C36H45NO3S. The number of anilines is 1. The standard InChI is InChI=1S/C36H45NO3S/c1-22-13-12-18-27-34(22,3)20-19-23(2)36(27,5)28-21-35(4)30(24-14-8-7-9-15-24)29(31(35)33(39)40-28)32(38)37-25-16-10-11-17-26(25)41-6/h7-11,14-17,23,27-31H,1,12-13,18-21H2,2-6H3,(H,37,38)/t23-,27+,28+,29-,30+,31-,34+,35-,36+/m1/s1. The minimum atomic E-state index is -0.470. The van der Waals surface area contributed by atoms with E-state index in [1.165, 1.54) is 12.0 Å². The molecule has 0 radical (unpaired) electrons. The van der Waals surface area contributed by atoms with Gasteiger partial charge in [0.1, 0.15) is 6.10 Å². The number of esters is 1. The molecule has 1 N–H and O–H groups in total. The van der Waals surface area contributed by atoms with Crippen LogP contribution in [0.4, 0.5) is 5.69 Å². The van der Waals surface area contributed by atoms with Gasteiger partial charge in [0.15, 0.2) is 0 Å². The van der Waals surface area contributed by atoms with Crippen molar-refractivity contribution >= 4 is 29.3 Å².